The fourth-order valence-corrected chi connectivity index (χ4v) is 2.19. The first-order valence-corrected chi connectivity index (χ1v) is 8.57. The molecule has 26 heavy (non-hydrogen) atoms. The molecule has 0 radical (unpaired) electrons. The Morgan fingerprint density at radius 1 is 1.12 bits per heavy atom. The highest BCUT2D eigenvalue weighted by atomic mass is 19.1. The first-order chi connectivity index (χ1) is 12.0. The van der Waals surface area contributed by atoms with Crippen LogP contribution in [0.3, 0.4) is 0 Å². The predicted molar refractivity (Wildman–Crippen MR) is 101 cm³/mol. The van der Waals surface area contributed by atoms with Gasteiger partial charge in [0, 0.05) is 19.2 Å². The molecule has 1 amide bonds. The van der Waals surface area contributed by atoms with E-state index in [-0.39, 0.29) is 18.3 Å². The number of esters is 1. The molecule has 0 saturated heterocycles. The third kappa shape index (κ3) is 8.25. The lowest BCUT2D eigenvalue weighted by Gasteiger charge is -2.25. The number of likely N-dealkylation sites (N-methyl/N-ethyl adjacent to an activating group) is 1. The van der Waals surface area contributed by atoms with Crippen molar-refractivity contribution in [1.29, 1.82) is 0 Å². The van der Waals surface area contributed by atoms with Gasteiger partial charge in [-0.05, 0) is 65.1 Å². The highest BCUT2D eigenvalue weighted by Crippen LogP contribution is 2.15. The summed E-state index contributed by atoms with van der Waals surface area (Å²) in [4.78, 5) is 28.2. The molecule has 144 valence electrons. The number of carbonyl (C=O) groups is 2. The first-order valence-electron chi connectivity index (χ1n) is 8.57. The summed E-state index contributed by atoms with van der Waals surface area (Å²) in [7, 11) is 3.80. The zero-order valence-corrected chi connectivity index (χ0v) is 16.5. The summed E-state index contributed by atoms with van der Waals surface area (Å²) >= 11 is 0. The highest BCUT2D eigenvalue weighted by Gasteiger charge is 2.21. The summed E-state index contributed by atoms with van der Waals surface area (Å²) < 4.78 is 18.4. The Hall–Kier alpha value is -2.21. The van der Waals surface area contributed by atoms with Crippen LogP contribution in [0.2, 0.25) is 0 Å². The van der Waals surface area contributed by atoms with Gasteiger partial charge in [0.1, 0.15) is 18.0 Å². The van der Waals surface area contributed by atoms with Gasteiger partial charge in [-0.1, -0.05) is 12.1 Å². The van der Waals surface area contributed by atoms with Crippen LogP contribution in [0.15, 0.2) is 30.3 Å². The van der Waals surface area contributed by atoms with E-state index in [1.54, 1.807) is 39.8 Å². The van der Waals surface area contributed by atoms with Gasteiger partial charge in [0.15, 0.2) is 0 Å². The van der Waals surface area contributed by atoms with Gasteiger partial charge in [-0.15, -0.1) is 0 Å². The molecular formula is C20H29FN2O3. The molecule has 0 heterocycles. The van der Waals surface area contributed by atoms with E-state index < -0.39 is 11.6 Å². The van der Waals surface area contributed by atoms with Gasteiger partial charge in [-0.2, -0.15) is 0 Å². The van der Waals surface area contributed by atoms with Gasteiger partial charge in [-0.25, -0.2) is 4.39 Å². The number of allylic oxidation sites excluding steroid dienone is 1. The van der Waals surface area contributed by atoms with Gasteiger partial charge in [-0.3, -0.25) is 9.59 Å². The number of amides is 1. The van der Waals surface area contributed by atoms with Crippen molar-refractivity contribution in [3.63, 3.8) is 0 Å². The Labute approximate surface area is 155 Å². The summed E-state index contributed by atoms with van der Waals surface area (Å²) in [5, 5.41) is 0. The zero-order chi connectivity index (χ0) is 19.9. The smallest absolute Gasteiger partial charge is 0.326 e. The van der Waals surface area contributed by atoms with Gasteiger partial charge in [0.2, 0.25) is 5.91 Å². The van der Waals surface area contributed by atoms with Crippen LogP contribution in [0.5, 0.6) is 0 Å². The molecule has 0 bridgehead atoms. The number of ether oxygens (including phenoxy) is 1. The van der Waals surface area contributed by atoms with E-state index in [1.807, 2.05) is 19.0 Å². The molecule has 0 N–H and O–H groups in total. The van der Waals surface area contributed by atoms with Crippen LogP contribution in [-0.4, -0.2) is 61.0 Å². The normalized spacial score (nSPS) is 12.2. The molecule has 0 aliphatic heterocycles. The SMILES string of the molecule is C/C(=C\C(=O)N(CCN(C)C)CC(=O)OC(C)(C)C)c1ccc(F)cc1. The van der Waals surface area contributed by atoms with E-state index in [0.29, 0.717) is 18.7 Å². The second-order valence-electron chi connectivity index (χ2n) is 7.48. The Morgan fingerprint density at radius 3 is 2.19 bits per heavy atom. The molecule has 0 unspecified atom stereocenters. The zero-order valence-electron chi connectivity index (χ0n) is 16.5. The number of nitrogens with zero attached hydrogens (tertiary/aromatic N) is 2. The highest BCUT2D eigenvalue weighted by molar-refractivity contribution is 5.96. The maximum atomic E-state index is 13.0. The molecule has 0 saturated carbocycles. The molecule has 0 aromatic heterocycles. The Kier molecular flexibility index (Phi) is 7.96. The fourth-order valence-electron chi connectivity index (χ4n) is 2.19. The number of hydrogen-bond acceptors (Lipinski definition) is 4. The predicted octanol–water partition coefficient (Wildman–Crippen LogP) is 2.96. The summed E-state index contributed by atoms with van der Waals surface area (Å²) in [6.07, 6.45) is 1.47. The lowest BCUT2D eigenvalue weighted by Crippen LogP contribution is -2.41. The third-order valence-electron chi connectivity index (χ3n) is 3.51. The number of benzene rings is 1. The van der Waals surface area contributed by atoms with E-state index >= 15 is 0 Å². The van der Waals surface area contributed by atoms with Gasteiger partial charge < -0.3 is 14.5 Å². The minimum atomic E-state index is -0.604. The monoisotopic (exact) mass is 364 g/mol. The minimum absolute atomic E-state index is 0.114. The topological polar surface area (TPSA) is 49.9 Å². The van der Waals surface area contributed by atoms with Crippen molar-refractivity contribution in [2.75, 3.05) is 33.7 Å². The molecule has 1 aromatic carbocycles. The molecule has 0 fully saturated rings. The van der Waals surface area contributed by atoms with Crippen LogP contribution in [0.4, 0.5) is 4.39 Å². The molecule has 5 nitrogen and oxygen atoms in total. The van der Waals surface area contributed by atoms with Crippen molar-refractivity contribution in [2.45, 2.75) is 33.3 Å². The quantitative estimate of drug-likeness (QED) is 0.551. The van der Waals surface area contributed by atoms with E-state index in [2.05, 4.69) is 0 Å². The molecule has 0 aliphatic carbocycles. The van der Waals surface area contributed by atoms with Crippen molar-refractivity contribution >= 4 is 17.4 Å². The number of rotatable bonds is 7. The van der Waals surface area contributed by atoms with Crippen LogP contribution in [0, 0.1) is 5.82 Å². The molecule has 1 rings (SSSR count). The van der Waals surface area contributed by atoms with Crippen molar-refractivity contribution in [1.82, 2.24) is 9.80 Å². The Balaban J connectivity index is 2.90. The molecule has 0 aliphatic rings. The molecular weight excluding hydrogens is 335 g/mol. The molecule has 0 atom stereocenters. The van der Waals surface area contributed by atoms with E-state index in [9.17, 15) is 14.0 Å². The van der Waals surface area contributed by atoms with Crippen LogP contribution in [0.1, 0.15) is 33.3 Å². The largest absolute Gasteiger partial charge is 0.459 e. The summed E-state index contributed by atoms with van der Waals surface area (Å²) in [6.45, 7) is 8.05. The number of carbonyl (C=O) groups excluding carboxylic acids is 2. The lowest BCUT2D eigenvalue weighted by molar-refractivity contribution is -0.158. The van der Waals surface area contributed by atoms with Crippen molar-refractivity contribution in [2.24, 2.45) is 0 Å². The van der Waals surface area contributed by atoms with Crippen molar-refractivity contribution in [3.8, 4) is 0 Å². The van der Waals surface area contributed by atoms with Crippen LogP contribution < -0.4 is 0 Å². The minimum Gasteiger partial charge on any atom is -0.459 e. The first kappa shape index (κ1) is 21.8. The van der Waals surface area contributed by atoms with Gasteiger partial charge >= 0.3 is 5.97 Å². The fraction of sp³-hybridized carbons (Fsp3) is 0.500. The van der Waals surface area contributed by atoms with E-state index in [4.69, 9.17) is 4.74 Å². The Bertz CT molecular complexity index is 646. The molecule has 6 heteroatoms. The standard InChI is InChI=1S/C20H29FN2O3/c1-15(16-7-9-17(21)10-8-16)13-18(24)23(12-11-22(5)6)14-19(25)26-20(2,3)4/h7-10,13H,11-12,14H2,1-6H3/b15-13+. The van der Waals surface area contributed by atoms with Gasteiger partial charge in [0.05, 0.1) is 0 Å². The lowest BCUT2D eigenvalue weighted by atomic mass is 10.1. The average molecular weight is 364 g/mol. The van der Waals surface area contributed by atoms with Crippen LogP contribution in [-0.2, 0) is 14.3 Å². The Morgan fingerprint density at radius 2 is 1.69 bits per heavy atom. The molecule has 0 spiro atoms. The average Bonchev–Trinajstić information content (AvgIpc) is 2.49. The van der Waals surface area contributed by atoms with Gasteiger partial charge in [0.25, 0.3) is 0 Å². The summed E-state index contributed by atoms with van der Waals surface area (Å²) in [6, 6.07) is 5.93. The maximum Gasteiger partial charge on any atom is 0.326 e. The third-order valence-corrected chi connectivity index (χ3v) is 3.51. The number of hydrogen-bond donors (Lipinski definition) is 0. The second kappa shape index (κ2) is 9.48. The van der Waals surface area contributed by atoms with E-state index in [0.717, 1.165) is 5.56 Å². The van der Waals surface area contributed by atoms with Crippen molar-refractivity contribution in [3.05, 3.63) is 41.7 Å². The number of halogens is 1. The van der Waals surface area contributed by atoms with Crippen LogP contribution >= 0.6 is 0 Å². The van der Waals surface area contributed by atoms with Crippen LogP contribution in [0.25, 0.3) is 5.57 Å². The summed E-state index contributed by atoms with van der Waals surface area (Å²) in [5.74, 6) is -1.05. The van der Waals surface area contributed by atoms with Crippen molar-refractivity contribution < 1.29 is 18.7 Å². The maximum absolute atomic E-state index is 13.0. The summed E-state index contributed by atoms with van der Waals surface area (Å²) in [5.41, 5.74) is 0.853. The second-order valence-corrected chi connectivity index (χ2v) is 7.48. The van der Waals surface area contributed by atoms with E-state index in [1.165, 1.54) is 23.1 Å². The molecule has 1 aromatic rings.